The molecule has 0 bridgehead atoms. The van der Waals surface area contributed by atoms with Gasteiger partial charge in [-0.3, -0.25) is 4.79 Å². The topological polar surface area (TPSA) is 40.5 Å². The molecule has 0 unspecified atom stereocenters. The molecule has 1 spiro atoms. The highest BCUT2D eigenvalue weighted by molar-refractivity contribution is 5.66. The molecular weight excluding hydrogens is 226 g/mol. The van der Waals surface area contributed by atoms with E-state index in [1.165, 1.54) is 58.0 Å². The number of likely N-dealkylation sites (tertiary alicyclic amines) is 1. The van der Waals surface area contributed by atoms with E-state index in [2.05, 4.69) is 4.90 Å². The summed E-state index contributed by atoms with van der Waals surface area (Å²) in [6.07, 6.45) is 12.2. The molecule has 3 heteroatoms. The maximum Gasteiger partial charge on any atom is 0.303 e. The summed E-state index contributed by atoms with van der Waals surface area (Å²) in [5.41, 5.74) is 0.690. The molecule has 0 aromatic carbocycles. The van der Waals surface area contributed by atoms with Gasteiger partial charge in [0.05, 0.1) is 0 Å². The van der Waals surface area contributed by atoms with Crippen molar-refractivity contribution in [1.29, 1.82) is 0 Å². The SMILES string of the molecule is O=C(O)CCCCN1CCC2(CCCCC2)CC1. The fourth-order valence-corrected chi connectivity index (χ4v) is 3.66. The Bertz CT molecular complexity index is 262. The minimum Gasteiger partial charge on any atom is -0.481 e. The van der Waals surface area contributed by atoms with Gasteiger partial charge in [-0.1, -0.05) is 19.3 Å². The van der Waals surface area contributed by atoms with E-state index in [-0.39, 0.29) is 0 Å². The quantitative estimate of drug-likeness (QED) is 0.764. The first-order chi connectivity index (χ1) is 8.70. The van der Waals surface area contributed by atoms with Crippen LogP contribution in [0.4, 0.5) is 0 Å². The van der Waals surface area contributed by atoms with Crippen molar-refractivity contribution in [1.82, 2.24) is 4.90 Å². The number of nitrogens with zero attached hydrogens (tertiary/aromatic N) is 1. The number of piperidine rings is 1. The van der Waals surface area contributed by atoms with Crippen LogP contribution < -0.4 is 0 Å². The van der Waals surface area contributed by atoms with E-state index in [4.69, 9.17) is 5.11 Å². The number of carbonyl (C=O) groups is 1. The first-order valence-electron chi connectivity index (χ1n) is 7.64. The van der Waals surface area contributed by atoms with Crippen LogP contribution in [0.1, 0.15) is 64.2 Å². The number of carboxylic acid groups (broad SMARTS) is 1. The van der Waals surface area contributed by atoms with E-state index in [0.29, 0.717) is 11.8 Å². The van der Waals surface area contributed by atoms with E-state index < -0.39 is 5.97 Å². The van der Waals surface area contributed by atoms with Crippen molar-refractivity contribution in [2.24, 2.45) is 5.41 Å². The molecule has 1 aliphatic heterocycles. The van der Waals surface area contributed by atoms with Crippen LogP contribution in [0.3, 0.4) is 0 Å². The monoisotopic (exact) mass is 253 g/mol. The average molecular weight is 253 g/mol. The molecule has 0 amide bonds. The lowest BCUT2D eigenvalue weighted by atomic mass is 9.68. The van der Waals surface area contributed by atoms with E-state index in [0.717, 1.165) is 19.4 Å². The first kappa shape index (κ1) is 13.9. The fraction of sp³-hybridized carbons (Fsp3) is 0.933. The molecular formula is C15H27NO2. The van der Waals surface area contributed by atoms with Crippen LogP contribution in [0.15, 0.2) is 0 Å². The predicted molar refractivity (Wildman–Crippen MR) is 72.7 cm³/mol. The minimum absolute atomic E-state index is 0.331. The lowest BCUT2D eigenvalue weighted by molar-refractivity contribution is -0.137. The van der Waals surface area contributed by atoms with Crippen molar-refractivity contribution in [2.45, 2.75) is 64.2 Å². The molecule has 104 valence electrons. The maximum atomic E-state index is 10.4. The highest BCUT2D eigenvalue weighted by Gasteiger charge is 2.35. The highest BCUT2D eigenvalue weighted by Crippen LogP contribution is 2.44. The van der Waals surface area contributed by atoms with Gasteiger partial charge in [-0.05, 0) is 63.6 Å². The number of unbranched alkanes of at least 4 members (excludes halogenated alkanes) is 1. The summed E-state index contributed by atoms with van der Waals surface area (Å²) in [7, 11) is 0. The summed E-state index contributed by atoms with van der Waals surface area (Å²) in [5, 5.41) is 8.60. The summed E-state index contributed by atoms with van der Waals surface area (Å²) in [6, 6.07) is 0. The second-order valence-electron chi connectivity index (χ2n) is 6.25. The van der Waals surface area contributed by atoms with Gasteiger partial charge in [0.25, 0.3) is 0 Å². The molecule has 1 N–H and O–H groups in total. The Morgan fingerprint density at radius 3 is 2.28 bits per heavy atom. The van der Waals surface area contributed by atoms with Crippen LogP contribution in [0.5, 0.6) is 0 Å². The van der Waals surface area contributed by atoms with Crippen molar-refractivity contribution in [3.63, 3.8) is 0 Å². The molecule has 0 atom stereocenters. The number of hydrogen-bond donors (Lipinski definition) is 1. The molecule has 1 saturated carbocycles. The summed E-state index contributed by atoms with van der Waals surface area (Å²) in [5.74, 6) is -0.658. The Morgan fingerprint density at radius 2 is 1.67 bits per heavy atom. The van der Waals surface area contributed by atoms with Gasteiger partial charge in [0, 0.05) is 6.42 Å². The molecule has 2 fully saturated rings. The van der Waals surface area contributed by atoms with Crippen molar-refractivity contribution in [2.75, 3.05) is 19.6 Å². The molecule has 2 rings (SSSR count). The van der Waals surface area contributed by atoms with Crippen molar-refractivity contribution in [3.8, 4) is 0 Å². The van der Waals surface area contributed by atoms with E-state index >= 15 is 0 Å². The van der Waals surface area contributed by atoms with Crippen LogP contribution in [-0.2, 0) is 4.79 Å². The third-order valence-electron chi connectivity index (χ3n) is 4.95. The molecule has 18 heavy (non-hydrogen) atoms. The van der Waals surface area contributed by atoms with E-state index in [9.17, 15) is 4.79 Å². The zero-order valence-electron chi connectivity index (χ0n) is 11.5. The van der Waals surface area contributed by atoms with Crippen LogP contribution in [-0.4, -0.2) is 35.6 Å². The Morgan fingerprint density at radius 1 is 1.00 bits per heavy atom. The normalized spacial score (nSPS) is 24.2. The van der Waals surface area contributed by atoms with Crippen LogP contribution in [0, 0.1) is 5.41 Å². The number of carboxylic acids is 1. The molecule has 0 aromatic heterocycles. The summed E-state index contributed by atoms with van der Waals surface area (Å²) in [4.78, 5) is 13.0. The number of aliphatic carboxylic acids is 1. The lowest BCUT2D eigenvalue weighted by Crippen LogP contribution is -2.41. The first-order valence-corrected chi connectivity index (χ1v) is 7.64. The van der Waals surface area contributed by atoms with Gasteiger partial charge in [-0.25, -0.2) is 0 Å². The maximum absolute atomic E-state index is 10.4. The molecule has 1 heterocycles. The summed E-state index contributed by atoms with van der Waals surface area (Å²) in [6.45, 7) is 3.59. The zero-order chi connectivity index (χ0) is 12.8. The van der Waals surface area contributed by atoms with Crippen molar-refractivity contribution < 1.29 is 9.90 Å². The van der Waals surface area contributed by atoms with Crippen LogP contribution in [0.2, 0.25) is 0 Å². The molecule has 1 saturated heterocycles. The second kappa shape index (κ2) is 6.55. The molecule has 2 aliphatic rings. The van der Waals surface area contributed by atoms with Crippen LogP contribution >= 0.6 is 0 Å². The Kier molecular flexibility index (Phi) is 5.04. The van der Waals surface area contributed by atoms with E-state index in [1.807, 2.05) is 0 Å². The summed E-state index contributed by atoms with van der Waals surface area (Å²) >= 11 is 0. The molecule has 3 nitrogen and oxygen atoms in total. The van der Waals surface area contributed by atoms with Gasteiger partial charge in [0.2, 0.25) is 0 Å². The predicted octanol–water partition coefficient (Wildman–Crippen LogP) is 3.29. The van der Waals surface area contributed by atoms with Crippen LogP contribution in [0.25, 0.3) is 0 Å². The van der Waals surface area contributed by atoms with Gasteiger partial charge >= 0.3 is 5.97 Å². The van der Waals surface area contributed by atoms with Crippen molar-refractivity contribution in [3.05, 3.63) is 0 Å². The molecule has 1 aliphatic carbocycles. The standard InChI is InChI=1S/C15H27NO2/c17-14(18)6-2-5-11-16-12-9-15(10-13-16)7-3-1-4-8-15/h1-13H2,(H,17,18). The lowest BCUT2D eigenvalue weighted by Gasteiger charge is -2.44. The Balaban J connectivity index is 1.62. The van der Waals surface area contributed by atoms with Gasteiger partial charge in [-0.2, -0.15) is 0 Å². The number of rotatable bonds is 5. The third kappa shape index (κ3) is 3.98. The van der Waals surface area contributed by atoms with E-state index in [1.54, 1.807) is 0 Å². The minimum atomic E-state index is -0.658. The van der Waals surface area contributed by atoms with Gasteiger partial charge in [-0.15, -0.1) is 0 Å². The molecule has 0 aromatic rings. The average Bonchev–Trinajstić information content (AvgIpc) is 2.38. The van der Waals surface area contributed by atoms with Gasteiger partial charge < -0.3 is 10.0 Å². The smallest absolute Gasteiger partial charge is 0.303 e. The largest absolute Gasteiger partial charge is 0.481 e. The third-order valence-corrected chi connectivity index (χ3v) is 4.95. The highest BCUT2D eigenvalue weighted by atomic mass is 16.4. The summed E-state index contributed by atoms with van der Waals surface area (Å²) < 4.78 is 0. The van der Waals surface area contributed by atoms with Gasteiger partial charge in [0.15, 0.2) is 0 Å². The van der Waals surface area contributed by atoms with Gasteiger partial charge in [0.1, 0.15) is 0 Å². The Hall–Kier alpha value is -0.570. The molecule has 0 radical (unpaired) electrons. The second-order valence-corrected chi connectivity index (χ2v) is 6.25. The number of hydrogen-bond acceptors (Lipinski definition) is 2. The van der Waals surface area contributed by atoms with Crippen molar-refractivity contribution >= 4 is 5.97 Å². The fourth-order valence-electron chi connectivity index (χ4n) is 3.66. The zero-order valence-corrected chi connectivity index (χ0v) is 11.5. The Labute approximate surface area is 111 Å².